The Hall–Kier alpha value is 0.376. The maximum Gasteiger partial charge on any atom is 1.00 e. The molecule has 0 aliphatic rings. The average molecular weight is 203 g/mol. The number of rotatable bonds is 0. The first-order valence-electron chi connectivity index (χ1n) is 2.77. The summed E-state index contributed by atoms with van der Waals surface area (Å²) >= 11 is 0. The maximum atomic E-state index is 11.8. The zero-order valence-electron chi connectivity index (χ0n) is 7.27. The second kappa shape index (κ2) is 4.57. The van der Waals surface area contributed by atoms with Crippen LogP contribution in [-0.4, -0.2) is 4.98 Å². The molecule has 0 fully saturated rings. The summed E-state index contributed by atoms with van der Waals surface area (Å²) in [6, 6.07) is 2.89. The Morgan fingerprint density at radius 3 is 2.25 bits per heavy atom. The summed E-state index contributed by atoms with van der Waals surface area (Å²) in [5, 5.41) is 0. The van der Waals surface area contributed by atoms with Crippen molar-refractivity contribution in [2.24, 2.45) is 0 Å². The van der Waals surface area contributed by atoms with E-state index in [9.17, 15) is 18.0 Å². The molecule has 1 rings (SSSR count). The minimum Gasteiger partial charge on any atom is -1.00 e. The average Bonchev–Trinajstić information content (AvgIpc) is 1.86. The van der Waals surface area contributed by atoms with Gasteiger partial charge in [0.25, 0.3) is 0 Å². The first-order chi connectivity index (χ1) is 5.00. The Morgan fingerprint density at radius 2 is 1.92 bits per heavy atom. The van der Waals surface area contributed by atoms with Gasteiger partial charge >= 0.3 is 57.6 Å². The van der Waals surface area contributed by atoms with E-state index in [1.807, 2.05) is 0 Å². The van der Waals surface area contributed by atoms with Gasteiger partial charge in [-0.15, -0.1) is 0 Å². The minimum absolute atomic E-state index is 0. The smallest absolute Gasteiger partial charge is 1.00 e. The van der Waals surface area contributed by atoms with E-state index >= 15 is 0 Å². The van der Waals surface area contributed by atoms with E-state index in [1.54, 1.807) is 4.98 Å². The molecule has 0 aromatic carbocycles. The minimum atomic E-state index is -4.47. The van der Waals surface area contributed by atoms with Crippen LogP contribution in [-0.2, 0) is 6.18 Å². The van der Waals surface area contributed by atoms with E-state index in [1.165, 1.54) is 0 Å². The second-order valence-corrected chi connectivity index (χ2v) is 1.93. The van der Waals surface area contributed by atoms with Crippen LogP contribution in [0.1, 0.15) is 7.12 Å². The number of nitrogens with one attached hydrogen (secondary N) is 1. The molecule has 0 saturated heterocycles. The Kier molecular flexibility index (Phi) is 4.71. The zero-order valence-corrected chi connectivity index (χ0v) is 9.40. The summed E-state index contributed by atoms with van der Waals surface area (Å²) in [7, 11) is 0. The summed E-state index contributed by atoms with van der Waals surface area (Å²) in [5.41, 5.74) is -1.77. The number of halogens is 3. The van der Waals surface area contributed by atoms with Crippen LogP contribution < -0.4 is 56.9 Å². The number of aromatic nitrogens is 1. The molecule has 0 atom stereocenters. The predicted molar refractivity (Wildman–Crippen MR) is 33.2 cm³/mol. The fraction of sp³-hybridized carbons (Fsp3) is 0.167. The van der Waals surface area contributed by atoms with Crippen molar-refractivity contribution in [2.45, 2.75) is 6.18 Å². The van der Waals surface area contributed by atoms with E-state index in [2.05, 4.69) is 0 Å². The summed E-state index contributed by atoms with van der Waals surface area (Å²) in [4.78, 5) is 12.0. The van der Waals surface area contributed by atoms with Crippen molar-refractivity contribution in [2.75, 3.05) is 0 Å². The normalized spacial score (nSPS) is 10.6. The van der Waals surface area contributed by atoms with Gasteiger partial charge in [-0.25, -0.2) is 0 Å². The van der Waals surface area contributed by atoms with E-state index in [4.69, 9.17) is 0 Å². The first kappa shape index (κ1) is 12.4. The van der Waals surface area contributed by atoms with Crippen LogP contribution >= 0.6 is 0 Å². The van der Waals surface area contributed by atoms with Gasteiger partial charge in [0.15, 0.2) is 0 Å². The Bertz CT molecular complexity index is 311. The van der Waals surface area contributed by atoms with Crippen molar-refractivity contribution in [1.29, 1.82) is 0 Å². The zero-order chi connectivity index (χ0) is 8.48. The number of hydrogen-bond acceptors (Lipinski definition) is 1. The van der Waals surface area contributed by atoms with Crippen LogP contribution in [0, 0.1) is 0 Å². The number of alkyl halides is 3. The van der Waals surface area contributed by atoms with Crippen molar-refractivity contribution in [1.82, 2.24) is 4.98 Å². The number of aromatic amines is 1. The van der Waals surface area contributed by atoms with Crippen LogP contribution in [0.4, 0.5) is 13.2 Å². The van der Waals surface area contributed by atoms with Crippen LogP contribution in [0.15, 0.2) is 23.0 Å². The summed E-state index contributed by atoms with van der Waals surface area (Å²) in [5.74, 6) is 0. The summed E-state index contributed by atoms with van der Waals surface area (Å²) < 4.78 is 35.4. The molecular weight excluding hydrogens is 198 g/mol. The number of hydrogen-bond donors (Lipinski definition) is 1. The Balaban J connectivity index is 0. The SMILES string of the molecule is O=c1cccc(C(F)(F)F)[nH]1.[H-].[K+]. The molecule has 0 aliphatic carbocycles. The van der Waals surface area contributed by atoms with E-state index < -0.39 is 17.4 Å². The number of H-pyrrole nitrogens is 1. The molecule has 62 valence electrons. The third kappa shape index (κ3) is 3.40. The largest absolute Gasteiger partial charge is 1.00 e. The molecule has 0 spiro atoms. The first-order valence-corrected chi connectivity index (χ1v) is 2.77. The Labute approximate surface area is 110 Å². The molecule has 12 heavy (non-hydrogen) atoms. The van der Waals surface area contributed by atoms with Crippen molar-refractivity contribution in [3.63, 3.8) is 0 Å². The Morgan fingerprint density at radius 1 is 1.33 bits per heavy atom. The van der Waals surface area contributed by atoms with E-state index in [-0.39, 0.29) is 52.8 Å². The summed E-state index contributed by atoms with van der Waals surface area (Å²) in [6.07, 6.45) is -4.47. The maximum absolute atomic E-state index is 11.8. The molecule has 1 N–H and O–H groups in total. The standard InChI is InChI=1S/C6H4F3NO.K.H/c7-6(8,9)4-2-1-3-5(11)10-4;;/h1-3H,(H,10,11);;/q;+1;-1. The monoisotopic (exact) mass is 203 g/mol. The topological polar surface area (TPSA) is 32.9 Å². The number of pyridine rings is 1. The quantitative estimate of drug-likeness (QED) is 0.512. The van der Waals surface area contributed by atoms with Gasteiger partial charge in [-0.3, -0.25) is 4.79 Å². The molecule has 0 aliphatic heterocycles. The van der Waals surface area contributed by atoms with Gasteiger partial charge in [-0.1, -0.05) is 6.07 Å². The molecule has 0 unspecified atom stereocenters. The van der Waals surface area contributed by atoms with Gasteiger partial charge in [0.2, 0.25) is 5.56 Å². The van der Waals surface area contributed by atoms with Gasteiger partial charge in [0.05, 0.1) is 0 Å². The fourth-order valence-corrected chi connectivity index (χ4v) is 0.613. The van der Waals surface area contributed by atoms with Gasteiger partial charge < -0.3 is 6.41 Å². The van der Waals surface area contributed by atoms with Crippen molar-refractivity contribution < 1.29 is 66.0 Å². The van der Waals surface area contributed by atoms with Crippen molar-refractivity contribution in [3.8, 4) is 0 Å². The molecule has 1 heterocycles. The van der Waals surface area contributed by atoms with E-state index in [0.29, 0.717) is 0 Å². The molecule has 1 aromatic heterocycles. The fourth-order valence-electron chi connectivity index (χ4n) is 0.613. The second-order valence-electron chi connectivity index (χ2n) is 1.93. The van der Waals surface area contributed by atoms with Gasteiger partial charge in [0, 0.05) is 6.07 Å². The third-order valence-corrected chi connectivity index (χ3v) is 1.07. The third-order valence-electron chi connectivity index (χ3n) is 1.07. The van der Waals surface area contributed by atoms with Gasteiger partial charge in [-0.2, -0.15) is 13.2 Å². The molecule has 6 heteroatoms. The van der Waals surface area contributed by atoms with Gasteiger partial charge in [-0.05, 0) is 6.07 Å². The molecule has 0 amide bonds. The van der Waals surface area contributed by atoms with Crippen LogP contribution in [0.25, 0.3) is 0 Å². The predicted octanol–water partition coefficient (Wildman–Crippen LogP) is -1.49. The van der Waals surface area contributed by atoms with Crippen LogP contribution in [0.5, 0.6) is 0 Å². The molecule has 1 aromatic rings. The van der Waals surface area contributed by atoms with Crippen molar-refractivity contribution >= 4 is 0 Å². The van der Waals surface area contributed by atoms with E-state index in [0.717, 1.165) is 18.2 Å². The van der Waals surface area contributed by atoms with Crippen LogP contribution in [0.3, 0.4) is 0 Å². The van der Waals surface area contributed by atoms with Crippen LogP contribution in [0.2, 0.25) is 0 Å². The molecule has 0 radical (unpaired) electrons. The summed E-state index contributed by atoms with van der Waals surface area (Å²) in [6.45, 7) is 0. The van der Waals surface area contributed by atoms with Crippen molar-refractivity contribution in [3.05, 3.63) is 34.2 Å². The molecular formula is C6H5F3KNO. The molecule has 0 bridgehead atoms. The van der Waals surface area contributed by atoms with Gasteiger partial charge in [0.1, 0.15) is 5.69 Å². The molecule has 0 saturated carbocycles. The molecule has 2 nitrogen and oxygen atoms in total.